The minimum Gasteiger partial charge on any atom is -0.384 e. The molecule has 0 aromatic heterocycles. The molecule has 1 saturated heterocycles. The zero-order chi connectivity index (χ0) is 11.4. The van der Waals surface area contributed by atoms with E-state index in [1.54, 1.807) is 13.2 Å². The first-order valence-electron chi connectivity index (χ1n) is 5.78. The van der Waals surface area contributed by atoms with Crippen molar-refractivity contribution in [1.29, 1.82) is 0 Å². The van der Waals surface area contributed by atoms with E-state index in [1.165, 1.54) is 6.07 Å². The topological polar surface area (TPSA) is 21.3 Å². The van der Waals surface area contributed by atoms with Gasteiger partial charge in [-0.3, -0.25) is 0 Å². The van der Waals surface area contributed by atoms with Gasteiger partial charge in [-0.15, -0.1) is 0 Å². The average Bonchev–Trinajstić information content (AvgIpc) is 2.31. The van der Waals surface area contributed by atoms with E-state index in [0.29, 0.717) is 5.92 Å². The van der Waals surface area contributed by atoms with E-state index in [-0.39, 0.29) is 11.9 Å². The molecule has 0 radical (unpaired) electrons. The lowest BCUT2D eigenvalue weighted by Gasteiger charge is -2.29. The van der Waals surface area contributed by atoms with Gasteiger partial charge in [-0.05, 0) is 24.8 Å². The molecule has 0 saturated carbocycles. The van der Waals surface area contributed by atoms with E-state index in [2.05, 4.69) is 5.32 Å². The molecule has 1 aliphatic heterocycles. The molecule has 0 amide bonds. The molecular formula is C13H18FNO. The molecule has 2 unspecified atom stereocenters. The number of methoxy groups -OCH3 is 1. The smallest absolute Gasteiger partial charge is 0.127 e. The van der Waals surface area contributed by atoms with Gasteiger partial charge in [-0.2, -0.15) is 0 Å². The van der Waals surface area contributed by atoms with Gasteiger partial charge in [-0.1, -0.05) is 18.2 Å². The third-order valence-electron chi connectivity index (χ3n) is 3.20. The Morgan fingerprint density at radius 2 is 2.19 bits per heavy atom. The van der Waals surface area contributed by atoms with Crippen LogP contribution in [-0.2, 0) is 4.74 Å². The van der Waals surface area contributed by atoms with Crippen LogP contribution in [0.4, 0.5) is 4.39 Å². The van der Waals surface area contributed by atoms with Crippen LogP contribution in [0.25, 0.3) is 0 Å². The monoisotopic (exact) mass is 223 g/mol. The summed E-state index contributed by atoms with van der Waals surface area (Å²) in [5.74, 6) is 0.457. The van der Waals surface area contributed by atoms with Crippen LogP contribution >= 0.6 is 0 Å². The summed E-state index contributed by atoms with van der Waals surface area (Å²) in [5, 5.41) is 3.39. The minimum atomic E-state index is -0.106. The summed E-state index contributed by atoms with van der Waals surface area (Å²) in [4.78, 5) is 0. The van der Waals surface area contributed by atoms with Crippen molar-refractivity contribution in [3.8, 4) is 0 Å². The summed E-state index contributed by atoms with van der Waals surface area (Å²) in [6.07, 6.45) is 2.08. The molecule has 0 aliphatic carbocycles. The van der Waals surface area contributed by atoms with Gasteiger partial charge < -0.3 is 10.1 Å². The normalized spacial score (nSPS) is 25.6. The van der Waals surface area contributed by atoms with Crippen LogP contribution < -0.4 is 5.32 Å². The van der Waals surface area contributed by atoms with Crippen molar-refractivity contribution < 1.29 is 9.13 Å². The molecule has 1 fully saturated rings. The summed E-state index contributed by atoms with van der Waals surface area (Å²) in [6, 6.07) is 7.17. The predicted octanol–water partition coefficient (Wildman–Crippen LogP) is 2.51. The first-order valence-corrected chi connectivity index (χ1v) is 5.78. The van der Waals surface area contributed by atoms with E-state index < -0.39 is 0 Å². The molecule has 88 valence electrons. The third-order valence-corrected chi connectivity index (χ3v) is 3.20. The minimum absolute atomic E-state index is 0.106. The lowest BCUT2D eigenvalue weighted by molar-refractivity contribution is 0.129. The van der Waals surface area contributed by atoms with Gasteiger partial charge in [0.1, 0.15) is 5.82 Å². The largest absolute Gasteiger partial charge is 0.384 e. The van der Waals surface area contributed by atoms with Crippen LogP contribution in [0.15, 0.2) is 24.3 Å². The number of halogens is 1. The maximum atomic E-state index is 13.6. The van der Waals surface area contributed by atoms with Crippen LogP contribution in [0.5, 0.6) is 0 Å². The van der Waals surface area contributed by atoms with Gasteiger partial charge in [0.2, 0.25) is 0 Å². The Bertz CT molecular complexity index is 334. The molecule has 1 heterocycles. The highest BCUT2D eigenvalue weighted by Gasteiger charge is 2.23. The second kappa shape index (κ2) is 5.41. The first-order chi connectivity index (χ1) is 7.81. The number of benzene rings is 1. The standard InChI is InChI=1S/C13H18FNO/c1-16-9-10-6-7-13(15-8-10)11-4-2-3-5-12(11)14/h2-5,10,13,15H,6-9H2,1H3. The molecule has 3 heteroatoms. The fraction of sp³-hybridized carbons (Fsp3) is 0.538. The van der Waals surface area contributed by atoms with Crippen molar-refractivity contribution >= 4 is 0 Å². The Balaban J connectivity index is 1.96. The van der Waals surface area contributed by atoms with Gasteiger partial charge in [0.05, 0.1) is 6.61 Å². The molecule has 2 rings (SSSR count). The van der Waals surface area contributed by atoms with E-state index >= 15 is 0 Å². The van der Waals surface area contributed by atoms with Crippen molar-refractivity contribution in [2.75, 3.05) is 20.3 Å². The molecular weight excluding hydrogens is 205 g/mol. The van der Waals surface area contributed by atoms with Crippen molar-refractivity contribution in [2.24, 2.45) is 5.92 Å². The molecule has 1 aliphatic rings. The molecule has 2 nitrogen and oxygen atoms in total. The van der Waals surface area contributed by atoms with Crippen LogP contribution in [0.1, 0.15) is 24.4 Å². The van der Waals surface area contributed by atoms with Crippen LogP contribution in [0.3, 0.4) is 0 Å². The number of hydrogen-bond donors (Lipinski definition) is 1. The molecule has 1 N–H and O–H groups in total. The van der Waals surface area contributed by atoms with E-state index in [0.717, 1.165) is 31.6 Å². The Hall–Kier alpha value is -0.930. The first kappa shape index (κ1) is 11.6. The second-order valence-corrected chi connectivity index (χ2v) is 4.38. The van der Waals surface area contributed by atoms with E-state index in [9.17, 15) is 4.39 Å². The molecule has 16 heavy (non-hydrogen) atoms. The zero-order valence-corrected chi connectivity index (χ0v) is 9.58. The summed E-state index contributed by atoms with van der Waals surface area (Å²) >= 11 is 0. The Kier molecular flexibility index (Phi) is 3.91. The predicted molar refractivity (Wildman–Crippen MR) is 61.7 cm³/mol. The number of ether oxygens (including phenoxy) is 1. The van der Waals surface area contributed by atoms with Gasteiger partial charge in [0.25, 0.3) is 0 Å². The van der Waals surface area contributed by atoms with Crippen molar-refractivity contribution in [3.63, 3.8) is 0 Å². The highest BCUT2D eigenvalue weighted by Crippen LogP contribution is 2.27. The maximum absolute atomic E-state index is 13.6. The van der Waals surface area contributed by atoms with E-state index in [1.807, 2.05) is 12.1 Å². The third kappa shape index (κ3) is 2.60. The highest BCUT2D eigenvalue weighted by molar-refractivity contribution is 5.21. The molecule has 2 atom stereocenters. The highest BCUT2D eigenvalue weighted by atomic mass is 19.1. The van der Waals surface area contributed by atoms with Gasteiger partial charge in [-0.25, -0.2) is 4.39 Å². The number of nitrogens with one attached hydrogen (secondary N) is 1. The van der Waals surface area contributed by atoms with E-state index in [4.69, 9.17) is 4.74 Å². The number of hydrogen-bond acceptors (Lipinski definition) is 2. The second-order valence-electron chi connectivity index (χ2n) is 4.38. The summed E-state index contributed by atoms with van der Waals surface area (Å²) in [5.41, 5.74) is 0.790. The van der Waals surface area contributed by atoms with Crippen molar-refractivity contribution in [3.05, 3.63) is 35.6 Å². The molecule has 1 aromatic carbocycles. The van der Waals surface area contributed by atoms with Crippen LogP contribution in [0, 0.1) is 11.7 Å². The SMILES string of the molecule is COCC1CCC(c2ccccc2F)NC1. The van der Waals surface area contributed by atoms with Crippen molar-refractivity contribution in [2.45, 2.75) is 18.9 Å². The summed E-state index contributed by atoms with van der Waals surface area (Å²) in [7, 11) is 1.73. The fourth-order valence-electron chi connectivity index (χ4n) is 2.32. The van der Waals surface area contributed by atoms with Crippen LogP contribution in [0.2, 0.25) is 0 Å². The molecule has 0 spiro atoms. The van der Waals surface area contributed by atoms with Gasteiger partial charge in [0, 0.05) is 25.3 Å². The number of rotatable bonds is 3. The number of piperidine rings is 1. The lowest BCUT2D eigenvalue weighted by Crippen LogP contribution is -2.35. The molecule has 0 bridgehead atoms. The lowest BCUT2D eigenvalue weighted by atomic mass is 9.91. The fourth-order valence-corrected chi connectivity index (χ4v) is 2.32. The van der Waals surface area contributed by atoms with Crippen LogP contribution in [-0.4, -0.2) is 20.3 Å². The quantitative estimate of drug-likeness (QED) is 0.850. The zero-order valence-electron chi connectivity index (χ0n) is 9.58. The Labute approximate surface area is 95.8 Å². The maximum Gasteiger partial charge on any atom is 0.127 e. The average molecular weight is 223 g/mol. The Morgan fingerprint density at radius 3 is 2.81 bits per heavy atom. The van der Waals surface area contributed by atoms with Crippen molar-refractivity contribution in [1.82, 2.24) is 5.32 Å². The summed E-state index contributed by atoms with van der Waals surface area (Å²) < 4.78 is 18.7. The Morgan fingerprint density at radius 1 is 1.38 bits per heavy atom. The van der Waals surface area contributed by atoms with Gasteiger partial charge >= 0.3 is 0 Å². The summed E-state index contributed by atoms with van der Waals surface area (Å²) in [6.45, 7) is 1.70. The van der Waals surface area contributed by atoms with Gasteiger partial charge in [0.15, 0.2) is 0 Å². The molecule has 1 aromatic rings.